The van der Waals surface area contributed by atoms with Crippen LogP contribution in [-0.4, -0.2) is 42.5 Å². The molecule has 1 unspecified atom stereocenters. The number of carbonyl (C=O) groups is 2. The lowest BCUT2D eigenvalue weighted by molar-refractivity contribution is -0.142. The first-order valence-corrected chi connectivity index (χ1v) is 11.9. The predicted octanol–water partition coefficient (Wildman–Crippen LogP) is 4.98. The van der Waals surface area contributed by atoms with Crippen molar-refractivity contribution in [2.45, 2.75) is 45.6 Å². The molecule has 174 valence electrons. The molecule has 5 heteroatoms. The van der Waals surface area contributed by atoms with Crippen molar-refractivity contribution in [2.24, 2.45) is 0 Å². The summed E-state index contributed by atoms with van der Waals surface area (Å²) in [6.07, 6.45) is 3.16. The number of fused-ring (bicyclic) bond motifs is 1. The van der Waals surface area contributed by atoms with E-state index in [1.165, 1.54) is 0 Å². The largest absolute Gasteiger partial charge is 0.483 e. The Hall–Kier alpha value is -3.34. The van der Waals surface area contributed by atoms with Crippen molar-refractivity contribution in [3.8, 4) is 5.75 Å². The molecule has 5 nitrogen and oxygen atoms in total. The van der Waals surface area contributed by atoms with Crippen molar-refractivity contribution in [3.05, 3.63) is 78.4 Å². The first-order chi connectivity index (χ1) is 16.1. The number of nitrogens with zero attached hydrogens (tertiary/aromatic N) is 1. The Morgan fingerprint density at radius 1 is 0.939 bits per heavy atom. The van der Waals surface area contributed by atoms with E-state index in [0.717, 1.165) is 29.2 Å². The van der Waals surface area contributed by atoms with Crippen molar-refractivity contribution < 1.29 is 14.3 Å². The Bertz CT molecular complexity index is 1030. The minimum Gasteiger partial charge on any atom is -0.483 e. The molecule has 0 radical (unpaired) electrons. The van der Waals surface area contributed by atoms with Gasteiger partial charge in [0.1, 0.15) is 11.8 Å². The highest BCUT2D eigenvalue weighted by Crippen LogP contribution is 2.25. The van der Waals surface area contributed by atoms with Crippen LogP contribution in [0.15, 0.2) is 72.8 Å². The summed E-state index contributed by atoms with van der Waals surface area (Å²) in [7, 11) is 0. The summed E-state index contributed by atoms with van der Waals surface area (Å²) in [6.45, 7) is 5.00. The smallest absolute Gasteiger partial charge is 0.261 e. The lowest BCUT2D eigenvalue weighted by atomic mass is 10.1. The Kier molecular flexibility index (Phi) is 9.31. The second kappa shape index (κ2) is 12.6. The number of amides is 2. The monoisotopic (exact) mass is 446 g/mol. The fourth-order valence-corrected chi connectivity index (χ4v) is 3.95. The molecule has 0 aliphatic rings. The first-order valence-electron chi connectivity index (χ1n) is 11.9. The zero-order valence-corrected chi connectivity index (χ0v) is 19.6. The van der Waals surface area contributed by atoms with Crippen LogP contribution in [0.1, 0.15) is 38.7 Å². The maximum absolute atomic E-state index is 13.3. The minimum atomic E-state index is -0.519. The third-order valence-corrected chi connectivity index (χ3v) is 5.80. The molecule has 33 heavy (non-hydrogen) atoms. The fraction of sp³-hybridized carbons (Fsp3) is 0.357. The van der Waals surface area contributed by atoms with Crippen LogP contribution in [0.4, 0.5) is 0 Å². The number of nitrogens with one attached hydrogen (secondary N) is 1. The highest BCUT2D eigenvalue weighted by Gasteiger charge is 2.28. The van der Waals surface area contributed by atoms with Crippen LogP contribution >= 0.6 is 0 Å². The van der Waals surface area contributed by atoms with Crippen molar-refractivity contribution >= 4 is 22.6 Å². The van der Waals surface area contributed by atoms with E-state index in [1.807, 2.05) is 79.7 Å². The summed E-state index contributed by atoms with van der Waals surface area (Å²) in [4.78, 5) is 27.9. The van der Waals surface area contributed by atoms with Gasteiger partial charge in [0.25, 0.3) is 5.91 Å². The summed E-state index contributed by atoms with van der Waals surface area (Å²) in [6, 6.07) is 23.3. The summed E-state index contributed by atoms with van der Waals surface area (Å²) in [5, 5.41) is 5.02. The molecule has 3 rings (SSSR count). The molecule has 0 heterocycles. The van der Waals surface area contributed by atoms with Gasteiger partial charge in [0, 0.05) is 18.5 Å². The van der Waals surface area contributed by atoms with Gasteiger partial charge in [0.05, 0.1) is 0 Å². The van der Waals surface area contributed by atoms with E-state index in [2.05, 4.69) is 12.2 Å². The number of benzene rings is 3. The number of rotatable bonds is 12. The SMILES string of the molecule is CCCCNC(=O)C(CC)N(CCc1ccccc1)C(=O)COc1cccc2ccccc12. The van der Waals surface area contributed by atoms with Crippen LogP contribution in [0.3, 0.4) is 0 Å². The second-order valence-corrected chi connectivity index (χ2v) is 8.16. The van der Waals surface area contributed by atoms with Gasteiger partial charge >= 0.3 is 0 Å². The molecule has 0 aromatic heterocycles. The maximum Gasteiger partial charge on any atom is 0.261 e. The van der Waals surface area contributed by atoms with Gasteiger partial charge in [-0.05, 0) is 36.3 Å². The molecule has 3 aromatic carbocycles. The molecule has 0 saturated carbocycles. The highest BCUT2D eigenvalue weighted by atomic mass is 16.5. The van der Waals surface area contributed by atoms with Crippen LogP contribution in [-0.2, 0) is 16.0 Å². The Balaban J connectivity index is 1.74. The van der Waals surface area contributed by atoms with E-state index in [4.69, 9.17) is 4.74 Å². The standard InChI is InChI=1S/C28H34N2O3/c1-3-5-19-29-28(32)25(4-2)30(20-18-22-12-7-6-8-13-22)27(31)21-33-26-17-11-15-23-14-9-10-16-24(23)26/h6-17,25H,3-5,18-21H2,1-2H3,(H,29,32). The van der Waals surface area contributed by atoms with E-state index in [0.29, 0.717) is 31.7 Å². The van der Waals surface area contributed by atoms with Crippen molar-refractivity contribution in [1.29, 1.82) is 0 Å². The van der Waals surface area contributed by atoms with Gasteiger partial charge in [-0.3, -0.25) is 9.59 Å². The molecular weight excluding hydrogens is 412 g/mol. The van der Waals surface area contributed by atoms with E-state index < -0.39 is 6.04 Å². The summed E-state index contributed by atoms with van der Waals surface area (Å²) in [5.41, 5.74) is 1.13. The molecule has 0 bridgehead atoms. The topological polar surface area (TPSA) is 58.6 Å². The summed E-state index contributed by atoms with van der Waals surface area (Å²) in [5.74, 6) is 0.388. The van der Waals surface area contributed by atoms with E-state index in [9.17, 15) is 9.59 Å². The van der Waals surface area contributed by atoms with Gasteiger partial charge in [-0.1, -0.05) is 87.0 Å². The number of hydrogen-bond acceptors (Lipinski definition) is 3. The zero-order valence-electron chi connectivity index (χ0n) is 19.6. The lowest BCUT2D eigenvalue weighted by Gasteiger charge is -2.30. The Morgan fingerprint density at radius 2 is 1.67 bits per heavy atom. The van der Waals surface area contributed by atoms with E-state index in [-0.39, 0.29) is 18.4 Å². The molecule has 0 aliphatic heterocycles. The second-order valence-electron chi connectivity index (χ2n) is 8.16. The van der Waals surface area contributed by atoms with Crippen LogP contribution in [0, 0.1) is 0 Å². The lowest BCUT2D eigenvalue weighted by Crippen LogP contribution is -2.51. The predicted molar refractivity (Wildman–Crippen MR) is 133 cm³/mol. The van der Waals surface area contributed by atoms with E-state index in [1.54, 1.807) is 4.90 Å². The average molecular weight is 447 g/mol. The van der Waals surface area contributed by atoms with Gasteiger partial charge in [0.15, 0.2) is 6.61 Å². The minimum absolute atomic E-state index is 0.0995. The van der Waals surface area contributed by atoms with Gasteiger partial charge < -0.3 is 15.0 Å². The Labute approximate surface area is 196 Å². The normalized spacial score (nSPS) is 11.7. The average Bonchev–Trinajstić information content (AvgIpc) is 2.85. The van der Waals surface area contributed by atoms with Crippen LogP contribution in [0.2, 0.25) is 0 Å². The molecular formula is C28H34N2O3. The number of ether oxygens (including phenoxy) is 1. The summed E-state index contributed by atoms with van der Waals surface area (Å²) < 4.78 is 5.96. The quantitative estimate of drug-likeness (QED) is 0.399. The molecule has 1 atom stereocenters. The molecule has 0 spiro atoms. The van der Waals surface area contributed by atoms with Crippen molar-refractivity contribution in [1.82, 2.24) is 10.2 Å². The summed E-state index contributed by atoms with van der Waals surface area (Å²) >= 11 is 0. The van der Waals surface area contributed by atoms with Crippen LogP contribution < -0.4 is 10.1 Å². The van der Waals surface area contributed by atoms with Gasteiger partial charge in [-0.2, -0.15) is 0 Å². The van der Waals surface area contributed by atoms with Gasteiger partial charge in [-0.15, -0.1) is 0 Å². The van der Waals surface area contributed by atoms with Crippen LogP contribution in [0.25, 0.3) is 10.8 Å². The van der Waals surface area contributed by atoms with Gasteiger partial charge in [0.2, 0.25) is 5.91 Å². The fourth-order valence-electron chi connectivity index (χ4n) is 3.95. The first kappa shape index (κ1) is 24.3. The molecule has 1 N–H and O–H groups in total. The number of carbonyl (C=O) groups excluding carboxylic acids is 2. The molecule has 0 aliphatic carbocycles. The molecule has 2 amide bonds. The highest BCUT2D eigenvalue weighted by molar-refractivity contribution is 5.90. The number of unbranched alkanes of at least 4 members (excludes halogenated alkanes) is 1. The zero-order chi connectivity index (χ0) is 23.5. The van der Waals surface area contributed by atoms with Crippen molar-refractivity contribution in [2.75, 3.05) is 19.7 Å². The van der Waals surface area contributed by atoms with E-state index >= 15 is 0 Å². The van der Waals surface area contributed by atoms with Crippen molar-refractivity contribution in [3.63, 3.8) is 0 Å². The third-order valence-electron chi connectivity index (χ3n) is 5.80. The molecule has 0 fully saturated rings. The van der Waals surface area contributed by atoms with Crippen LogP contribution in [0.5, 0.6) is 5.75 Å². The third kappa shape index (κ3) is 6.82. The maximum atomic E-state index is 13.3. The Morgan fingerprint density at radius 3 is 2.42 bits per heavy atom. The number of hydrogen-bond donors (Lipinski definition) is 1. The molecule has 0 saturated heterocycles. The van der Waals surface area contributed by atoms with Gasteiger partial charge in [-0.25, -0.2) is 0 Å². The molecule has 3 aromatic rings.